The molecular formula is C19H24N2O5S. The maximum Gasteiger partial charge on any atom is 0.294 e. The zero-order chi connectivity index (χ0) is 20.1. The third kappa shape index (κ3) is 4.27. The van der Waals surface area contributed by atoms with Crippen LogP contribution >= 0.6 is 11.8 Å². The Labute approximate surface area is 163 Å². The summed E-state index contributed by atoms with van der Waals surface area (Å²) in [5.41, 5.74) is 1.46. The molecule has 7 nitrogen and oxygen atoms in total. The van der Waals surface area contributed by atoms with Crippen LogP contribution in [0.25, 0.3) is 6.08 Å². The summed E-state index contributed by atoms with van der Waals surface area (Å²) < 4.78 is 10.7. The van der Waals surface area contributed by atoms with Crippen LogP contribution in [0, 0.1) is 6.92 Å². The second kappa shape index (κ2) is 8.94. The molecule has 1 aromatic rings. The Morgan fingerprint density at radius 1 is 1.19 bits per heavy atom. The molecule has 0 saturated carbocycles. The second-order valence-electron chi connectivity index (χ2n) is 5.85. The van der Waals surface area contributed by atoms with Crippen LogP contribution in [0.15, 0.2) is 17.0 Å². The van der Waals surface area contributed by atoms with Crippen molar-refractivity contribution in [3.05, 3.63) is 28.2 Å². The van der Waals surface area contributed by atoms with Crippen molar-refractivity contribution < 1.29 is 23.9 Å². The first kappa shape index (κ1) is 20.8. The molecular weight excluding hydrogens is 368 g/mol. The molecule has 1 aromatic carbocycles. The molecule has 0 atom stereocenters. The maximum atomic E-state index is 12.6. The van der Waals surface area contributed by atoms with E-state index in [9.17, 15) is 14.4 Å². The third-order valence-corrected chi connectivity index (χ3v) is 5.29. The Hall–Kier alpha value is -2.48. The lowest BCUT2D eigenvalue weighted by Gasteiger charge is -2.21. The van der Waals surface area contributed by atoms with E-state index in [1.807, 2.05) is 20.8 Å². The highest BCUT2D eigenvalue weighted by Crippen LogP contribution is 2.37. The summed E-state index contributed by atoms with van der Waals surface area (Å²) in [6, 6.07) is 3.54. The van der Waals surface area contributed by atoms with Gasteiger partial charge in [-0.05, 0) is 50.7 Å². The summed E-state index contributed by atoms with van der Waals surface area (Å²) in [5.74, 6) is 0.518. The first-order valence-electron chi connectivity index (χ1n) is 8.62. The van der Waals surface area contributed by atoms with Gasteiger partial charge in [-0.2, -0.15) is 0 Å². The molecule has 1 aliphatic rings. The number of ether oxygens (including phenoxy) is 2. The van der Waals surface area contributed by atoms with E-state index in [0.717, 1.165) is 22.2 Å². The van der Waals surface area contributed by atoms with Gasteiger partial charge in [0.2, 0.25) is 5.91 Å². The van der Waals surface area contributed by atoms with Crippen LogP contribution in [0.2, 0.25) is 0 Å². The molecule has 2 rings (SSSR count). The van der Waals surface area contributed by atoms with Crippen LogP contribution in [-0.4, -0.2) is 60.7 Å². The number of thioether (sulfide) groups is 1. The summed E-state index contributed by atoms with van der Waals surface area (Å²) >= 11 is 0.822. The predicted octanol–water partition coefficient (Wildman–Crippen LogP) is 2.92. The summed E-state index contributed by atoms with van der Waals surface area (Å²) in [7, 11) is 3.10. The van der Waals surface area contributed by atoms with Gasteiger partial charge in [0, 0.05) is 24.2 Å². The SMILES string of the molecule is CCN(CC)C(=O)CN1C(=O)S/C(=C\c2ccc(OC)c(C)c2OC)C1=O. The van der Waals surface area contributed by atoms with Crippen molar-refractivity contribution in [1.82, 2.24) is 9.80 Å². The summed E-state index contributed by atoms with van der Waals surface area (Å²) in [5, 5.41) is -0.448. The van der Waals surface area contributed by atoms with E-state index in [-0.39, 0.29) is 17.4 Å². The third-order valence-electron chi connectivity index (χ3n) is 4.38. The van der Waals surface area contributed by atoms with Gasteiger partial charge in [0.15, 0.2) is 0 Å². The monoisotopic (exact) mass is 392 g/mol. The number of carbonyl (C=O) groups excluding carboxylic acids is 3. The average Bonchev–Trinajstić information content (AvgIpc) is 2.90. The highest BCUT2D eigenvalue weighted by Gasteiger charge is 2.37. The molecule has 0 aromatic heterocycles. The fourth-order valence-corrected chi connectivity index (χ4v) is 3.72. The Kier molecular flexibility index (Phi) is 6.90. The molecule has 8 heteroatoms. The van der Waals surface area contributed by atoms with E-state index in [0.29, 0.717) is 30.2 Å². The average molecular weight is 392 g/mol. The van der Waals surface area contributed by atoms with Crippen LogP contribution in [0.3, 0.4) is 0 Å². The Balaban J connectivity index is 2.29. The van der Waals surface area contributed by atoms with E-state index in [1.54, 1.807) is 30.2 Å². The summed E-state index contributed by atoms with van der Waals surface area (Å²) in [4.78, 5) is 40.0. The number of nitrogens with zero attached hydrogens (tertiary/aromatic N) is 2. The quantitative estimate of drug-likeness (QED) is 0.664. The number of methoxy groups -OCH3 is 2. The number of imide groups is 1. The van der Waals surface area contributed by atoms with Crippen molar-refractivity contribution in [2.75, 3.05) is 33.9 Å². The largest absolute Gasteiger partial charge is 0.496 e. The number of benzene rings is 1. The van der Waals surface area contributed by atoms with Crippen molar-refractivity contribution in [3.8, 4) is 11.5 Å². The molecule has 1 fully saturated rings. The number of amides is 3. The summed E-state index contributed by atoms with van der Waals surface area (Å²) in [6.07, 6.45) is 1.61. The van der Waals surface area contributed by atoms with Gasteiger partial charge < -0.3 is 14.4 Å². The van der Waals surface area contributed by atoms with Gasteiger partial charge in [0.05, 0.1) is 19.1 Å². The fraction of sp³-hybridized carbons (Fsp3) is 0.421. The molecule has 1 heterocycles. The lowest BCUT2D eigenvalue weighted by atomic mass is 10.1. The molecule has 0 spiro atoms. The van der Waals surface area contributed by atoms with Crippen molar-refractivity contribution >= 4 is 34.9 Å². The second-order valence-corrected chi connectivity index (χ2v) is 6.84. The maximum absolute atomic E-state index is 12.6. The van der Waals surface area contributed by atoms with Gasteiger partial charge >= 0.3 is 0 Å². The minimum atomic E-state index is -0.471. The van der Waals surface area contributed by atoms with E-state index >= 15 is 0 Å². The standard InChI is InChI=1S/C19H24N2O5S/c1-6-20(7-2)16(22)11-21-18(23)15(27-19(21)24)10-13-8-9-14(25-4)12(3)17(13)26-5/h8-10H,6-7,11H2,1-5H3/b15-10-. The molecule has 146 valence electrons. The van der Waals surface area contributed by atoms with Gasteiger partial charge in [0.25, 0.3) is 11.1 Å². The molecule has 1 saturated heterocycles. The molecule has 0 unspecified atom stereocenters. The molecule has 3 amide bonds. The van der Waals surface area contributed by atoms with Crippen molar-refractivity contribution in [3.63, 3.8) is 0 Å². The van der Waals surface area contributed by atoms with Crippen LogP contribution in [0.1, 0.15) is 25.0 Å². The summed E-state index contributed by atoms with van der Waals surface area (Å²) in [6.45, 7) is 6.38. The number of hydrogen-bond donors (Lipinski definition) is 0. The predicted molar refractivity (Wildman–Crippen MR) is 105 cm³/mol. The number of rotatable bonds is 7. The van der Waals surface area contributed by atoms with E-state index in [2.05, 4.69) is 0 Å². The topological polar surface area (TPSA) is 76.2 Å². The van der Waals surface area contributed by atoms with Gasteiger partial charge in [-0.25, -0.2) is 0 Å². The minimum Gasteiger partial charge on any atom is -0.496 e. The van der Waals surface area contributed by atoms with Gasteiger partial charge in [-0.1, -0.05) is 0 Å². The number of carbonyl (C=O) groups is 3. The number of hydrogen-bond acceptors (Lipinski definition) is 6. The van der Waals surface area contributed by atoms with Crippen LogP contribution in [0.4, 0.5) is 4.79 Å². The smallest absolute Gasteiger partial charge is 0.294 e. The normalized spacial score (nSPS) is 15.4. The first-order chi connectivity index (χ1) is 12.9. The van der Waals surface area contributed by atoms with Gasteiger partial charge in [0.1, 0.15) is 18.0 Å². The lowest BCUT2D eigenvalue weighted by molar-refractivity contribution is -0.135. The Morgan fingerprint density at radius 3 is 2.41 bits per heavy atom. The van der Waals surface area contributed by atoms with E-state index in [1.165, 1.54) is 7.11 Å². The number of likely N-dealkylation sites (N-methyl/N-ethyl adjacent to an activating group) is 1. The van der Waals surface area contributed by atoms with Crippen molar-refractivity contribution in [2.45, 2.75) is 20.8 Å². The van der Waals surface area contributed by atoms with Crippen LogP contribution in [-0.2, 0) is 9.59 Å². The Morgan fingerprint density at radius 2 is 1.85 bits per heavy atom. The zero-order valence-corrected chi connectivity index (χ0v) is 17.0. The molecule has 0 bridgehead atoms. The Bertz CT molecular complexity index is 787. The molecule has 0 N–H and O–H groups in total. The van der Waals surface area contributed by atoms with Gasteiger partial charge in [-0.15, -0.1) is 0 Å². The van der Waals surface area contributed by atoms with E-state index < -0.39 is 11.1 Å². The zero-order valence-electron chi connectivity index (χ0n) is 16.2. The first-order valence-corrected chi connectivity index (χ1v) is 9.44. The van der Waals surface area contributed by atoms with Gasteiger partial charge in [-0.3, -0.25) is 19.3 Å². The van der Waals surface area contributed by atoms with Crippen LogP contribution in [0.5, 0.6) is 11.5 Å². The van der Waals surface area contributed by atoms with Crippen molar-refractivity contribution in [2.24, 2.45) is 0 Å². The van der Waals surface area contributed by atoms with E-state index in [4.69, 9.17) is 9.47 Å². The highest BCUT2D eigenvalue weighted by atomic mass is 32.2. The molecule has 0 radical (unpaired) electrons. The molecule has 27 heavy (non-hydrogen) atoms. The molecule has 0 aliphatic carbocycles. The van der Waals surface area contributed by atoms with Crippen LogP contribution < -0.4 is 9.47 Å². The lowest BCUT2D eigenvalue weighted by Crippen LogP contribution is -2.41. The highest BCUT2D eigenvalue weighted by molar-refractivity contribution is 8.18. The minimum absolute atomic E-state index is 0.248. The fourth-order valence-electron chi connectivity index (χ4n) is 2.89. The molecule has 1 aliphatic heterocycles. The van der Waals surface area contributed by atoms with Crippen molar-refractivity contribution in [1.29, 1.82) is 0 Å².